The van der Waals surface area contributed by atoms with Crippen LogP contribution in [0.5, 0.6) is 0 Å². The predicted molar refractivity (Wildman–Crippen MR) is 58.5 cm³/mol. The number of hydrogen-bond acceptors (Lipinski definition) is 6. The van der Waals surface area contributed by atoms with Crippen LogP contribution in [-0.2, 0) is 22.5 Å². The fourth-order valence-corrected chi connectivity index (χ4v) is 1.63. The van der Waals surface area contributed by atoms with E-state index in [1.54, 1.807) is 6.20 Å². The van der Waals surface area contributed by atoms with Crippen LogP contribution in [0.4, 0.5) is 4.79 Å². The lowest BCUT2D eigenvalue weighted by Gasteiger charge is -2.09. The molecule has 1 aliphatic rings. The van der Waals surface area contributed by atoms with Gasteiger partial charge in [-0.05, 0) is 12.8 Å². The van der Waals surface area contributed by atoms with Gasteiger partial charge in [0.1, 0.15) is 13.2 Å². The SMILES string of the molecule is O=C(Cn1cc(CCCO)nn1)N1CCOC1=O. The molecule has 18 heavy (non-hydrogen) atoms. The van der Waals surface area contributed by atoms with Gasteiger partial charge in [-0.2, -0.15) is 0 Å². The molecule has 1 N–H and O–H groups in total. The number of rotatable bonds is 5. The summed E-state index contributed by atoms with van der Waals surface area (Å²) >= 11 is 0. The van der Waals surface area contributed by atoms with Gasteiger partial charge in [-0.3, -0.25) is 4.79 Å². The topological polar surface area (TPSA) is 97.6 Å². The van der Waals surface area contributed by atoms with E-state index in [9.17, 15) is 9.59 Å². The van der Waals surface area contributed by atoms with Crippen molar-refractivity contribution in [2.24, 2.45) is 0 Å². The Morgan fingerprint density at radius 3 is 3.06 bits per heavy atom. The molecule has 8 nitrogen and oxygen atoms in total. The average molecular weight is 254 g/mol. The molecule has 1 aromatic heterocycles. The molecule has 1 aromatic rings. The summed E-state index contributed by atoms with van der Waals surface area (Å²) in [6, 6.07) is 0. The van der Waals surface area contributed by atoms with Crippen LogP contribution in [0.2, 0.25) is 0 Å². The molecule has 0 bridgehead atoms. The van der Waals surface area contributed by atoms with Crippen LogP contribution < -0.4 is 0 Å². The number of hydrogen-bond donors (Lipinski definition) is 1. The van der Waals surface area contributed by atoms with E-state index in [0.29, 0.717) is 18.5 Å². The molecule has 0 saturated carbocycles. The van der Waals surface area contributed by atoms with Crippen LogP contribution in [0.1, 0.15) is 12.1 Å². The number of carbonyl (C=O) groups excluding carboxylic acids is 2. The highest BCUT2D eigenvalue weighted by atomic mass is 16.6. The molecule has 8 heteroatoms. The Balaban J connectivity index is 1.90. The molecule has 0 atom stereocenters. The molecule has 0 radical (unpaired) electrons. The van der Waals surface area contributed by atoms with Crippen molar-refractivity contribution in [3.05, 3.63) is 11.9 Å². The van der Waals surface area contributed by atoms with Gasteiger partial charge in [0.2, 0.25) is 0 Å². The second kappa shape index (κ2) is 5.58. The number of aryl methyl sites for hydroxylation is 1. The second-order valence-electron chi connectivity index (χ2n) is 3.89. The van der Waals surface area contributed by atoms with Crippen molar-refractivity contribution in [1.82, 2.24) is 19.9 Å². The Morgan fingerprint density at radius 1 is 1.56 bits per heavy atom. The zero-order valence-corrected chi connectivity index (χ0v) is 9.78. The van der Waals surface area contributed by atoms with E-state index < -0.39 is 6.09 Å². The van der Waals surface area contributed by atoms with E-state index in [-0.39, 0.29) is 32.2 Å². The molecule has 0 spiro atoms. The Labute approximate surface area is 103 Å². The van der Waals surface area contributed by atoms with Gasteiger partial charge in [-0.15, -0.1) is 5.10 Å². The number of aromatic nitrogens is 3. The third-order valence-electron chi connectivity index (χ3n) is 2.54. The van der Waals surface area contributed by atoms with Gasteiger partial charge < -0.3 is 9.84 Å². The number of aliphatic hydroxyl groups is 1. The van der Waals surface area contributed by atoms with E-state index in [0.717, 1.165) is 4.90 Å². The monoisotopic (exact) mass is 254 g/mol. The first-order chi connectivity index (χ1) is 8.70. The predicted octanol–water partition coefficient (Wildman–Crippen LogP) is -0.818. The quantitative estimate of drug-likeness (QED) is 0.737. The first-order valence-corrected chi connectivity index (χ1v) is 5.67. The molecule has 2 amide bonds. The van der Waals surface area contributed by atoms with Gasteiger partial charge in [0.25, 0.3) is 5.91 Å². The molecule has 2 rings (SSSR count). The molecule has 0 aromatic carbocycles. The summed E-state index contributed by atoms with van der Waals surface area (Å²) in [5.74, 6) is -0.365. The zero-order chi connectivity index (χ0) is 13.0. The van der Waals surface area contributed by atoms with Crippen LogP contribution >= 0.6 is 0 Å². The highest BCUT2D eigenvalue weighted by Crippen LogP contribution is 2.05. The van der Waals surface area contributed by atoms with Crippen molar-refractivity contribution in [1.29, 1.82) is 0 Å². The Kier molecular flexibility index (Phi) is 3.88. The van der Waals surface area contributed by atoms with E-state index in [4.69, 9.17) is 5.11 Å². The van der Waals surface area contributed by atoms with Crippen LogP contribution in [0.25, 0.3) is 0 Å². The summed E-state index contributed by atoms with van der Waals surface area (Å²) in [7, 11) is 0. The summed E-state index contributed by atoms with van der Waals surface area (Å²) in [4.78, 5) is 24.0. The summed E-state index contributed by atoms with van der Waals surface area (Å²) in [5, 5.41) is 16.3. The summed E-state index contributed by atoms with van der Waals surface area (Å²) < 4.78 is 6.05. The van der Waals surface area contributed by atoms with Gasteiger partial charge in [-0.25, -0.2) is 14.4 Å². The molecular weight excluding hydrogens is 240 g/mol. The van der Waals surface area contributed by atoms with E-state index in [1.165, 1.54) is 4.68 Å². The van der Waals surface area contributed by atoms with Crippen molar-refractivity contribution >= 4 is 12.0 Å². The van der Waals surface area contributed by atoms with Crippen molar-refractivity contribution in [2.45, 2.75) is 19.4 Å². The van der Waals surface area contributed by atoms with Gasteiger partial charge >= 0.3 is 6.09 Å². The van der Waals surface area contributed by atoms with Gasteiger partial charge in [0, 0.05) is 12.8 Å². The molecule has 0 aliphatic carbocycles. The van der Waals surface area contributed by atoms with E-state index in [1.807, 2.05) is 0 Å². The summed E-state index contributed by atoms with van der Waals surface area (Å²) in [6.45, 7) is 0.569. The van der Waals surface area contributed by atoms with Crippen LogP contribution in [0, 0.1) is 0 Å². The fourth-order valence-electron chi connectivity index (χ4n) is 1.63. The molecule has 98 valence electrons. The maximum Gasteiger partial charge on any atom is 0.416 e. The Morgan fingerprint density at radius 2 is 2.39 bits per heavy atom. The van der Waals surface area contributed by atoms with Crippen molar-refractivity contribution in [2.75, 3.05) is 19.8 Å². The third-order valence-corrected chi connectivity index (χ3v) is 2.54. The van der Waals surface area contributed by atoms with Crippen LogP contribution in [-0.4, -0.2) is 56.8 Å². The number of cyclic esters (lactones) is 1. The number of nitrogens with zero attached hydrogens (tertiary/aromatic N) is 4. The number of aliphatic hydroxyl groups excluding tert-OH is 1. The molecule has 0 unspecified atom stereocenters. The number of carbonyl (C=O) groups is 2. The minimum Gasteiger partial charge on any atom is -0.447 e. The molecule has 1 fully saturated rings. The second-order valence-corrected chi connectivity index (χ2v) is 3.89. The summed E-state index contributed by atoms with van der Waals surface area (Å²) in [5.41, 5.74) is 0.709. The van der Waals surface area contributed by atoms with Gasteiger partial charge in [0.05, 0.1) is 12.2 Å². The van der Waals surface area contributed by atoms with Gasteiger partial charge in [0.15, 0.2) is 0 Å². The smallest absolute Gasteiger partial charge is 0.416 e. The Bertz CT molecular complexity index is 445. The number of amides is 2. The highest BCUT2D eigenvalue weighted by molar-refractivity contribution is 5.92. The fraction of sp³-hybridized carbons (Fsp3) is 0.600. The van der Waals surface area contributed by atoms with Crippen LogP contribution in [0.15, 0.2) is 6.20 Å². The first-order valence-electron chi connectivity index (χ1n) is 5.67. The van der Waals surface area contributed by atoms with Crippen molar-refractivity contribution in [3.8, 4) is 0 Å². The molecule has 2 heterocycles. The van der Waals surface area contributed by atoms with Gasteiger partial charge in [-0.1, -0.05) is 5.21 Å². The van der Waals surface area contributed by atoms with Crippen LogP contribution in [0.3, 0.4) is 0 Å². The molecular formula is C10H14N4O4. The minimum absolute atomic E-state index is 0.0405. The third kappa shape index (κ3) is 2.83. The first kappa shape index (κ1) is 12.5. The highest BCUT2D eigenvalue weighted by Gasteiger charge is 2.28. The van der Waals surface area contributed by atoms with E-state index in [2.05, 4.69) is 15.0 Å². The normalized spacial score (nSPS) is 14.9. The standard InChI is InChI=1S/C10H14N4O4/c15-4-1-2-8-6-13(12-11-8)7-9(16)14-3-5-18-10(14)17/h6,15H,1-5,7H2. The summed E-state index contributed by atoms with van der Waals surface area (Å²) in [6.07, 6.45) is 2.23. The maximum absolute atomic E-state index is 11.7. The van der Waals surface area contributed by atoms with E-state index >= 15 is 0 Å². The number of ether oxygens (including phenoxy) is 1. The lowest BCUT2D eigenvalue weighted by Crippen LogP contribution is -2.34. The Hall–Kier alpha value is -1.96. The average Bonchev–Trinajstić information content (AvgIpc) is 2.95. The minimum atomic E-state index is -0.611. The molecule has 1 aliphatic heterocycles. The lowest BCUT2D eigenvalue weighted by atomic mass is 10.3. The van der Waals surface area contributed by atoms with Crippen molar-refractivity contribution in [3.63, 3.8) is 0 Å². The van der Waals surface area contributed by atoms with Crippen molar-refractivity contribution < 1.29 is 19.4 Å². The molecule has 1 saturated heterocycles. The lowest BCUT2D eigenvalue weighted by molar-refractivity contribution is -0.128. The number of imide groups is 1. The zero-order valence-electron chi connectivity index (χ0n) is 9.78. The largest absolute Gasteiger partial charge is 0.447 e. The maximum atomic E-state index is 11.7.